The molecule has 2 heterocycles. The number of carbonyl (C=O) groups excluding carboxylic acids is 3. The summed E-state index contributed by atoms with van der Waals surface area (Å²) in [5.74, 6) is -0.543. The van der Waals surface area contributed by atoms with Gasteiger partial charge in [0.25, 0.3) is 5.91 Å². The molecule has 1 atom stereocenters. The van der Waals surface area contributed by atoms with Gasteiger partial charge in [-0.25, -0.2) is 0 Å². The average Bonchev–Trinajstić information content (AvgIpc) is 3.03. The summed E-state index contributed by atoms with van der Waals surface area (Å²) in [7, 11) is 0. The van der Waals surface area contributed by atoms with Crippen LogP contribution in [0.1, 0.15) is 6.42 Å². The second-order valence-electron chi connectivity index (χ2n) is 6.42. The molecule has 2 aromatic rings. The van der Waals surface area contributed by atoms with Crippen molar-refractivity contribution in [2.75, 3.05) is 28.7 Å². The number of anilines is 3. The molecule has 138 valence electrons. The van der Waals surface area contributed by atoms with Crippen molar-refractivity contribution >= 4 is 46.4 Å². The predicted octanol–water partition coefficient (Wildman–Crippen LogP) is 2.66. The molecule has 0 aliphatic carbocycles. The lowest BCUT2D eigenvalue weighted by Crippen LogP contribution is -2.28. The molecule has 2 aromatic carbocycles. The van der Waals surface area contributed by atoms with Crippen molar-refractivity contribution in [2.24, 2.45) is 5.92 Å². The van der Waals surface area contributed by atoms with E-state index in [-0.39, 0.29) is 37.3 Å². The third-order valence-corrected chi connectivity index (χ3v) is 4.73. The zero-order chi connectivity index (χ0) is 19.0. The van der Waals surface area contributed by atoms with Gasteiger partial charge in [0.05, 0.1) is 11.6 Å². The summed E-state index contributed by atoms with van der Waals surface area (Å²) in [6.07, 6.45) is 0.128. The van der Waals surface area contributed by atoms with Gasteiger partial charge in [-0.05, 0) is 36.4 Å². The van der Waals surface area contributed by atoms with Crippen LogP contribution in [0.2, 0.25) is 5.02 Å². The van der Waals surface area contributed by atoms with Crippen molar-refractivity contribution < 1.29 is 19.1 Å². The molecule has 7 nitrogen and oxygen atoms in total. The molecular formula is C19H16ClN3O4. The number of amides is 3. The molecule has 2 aliphatic heterocycles. The number of hydrogen-bond donors (Lipinski definition) is 2. The van der Waals surface area contributed by atoms with Crippen LogP contribution in [-0.4, -0.2) is 30.9 Å². The van der Waals surface area contributed by atoms with Crippen molar-refractivity contribution in [3.8, 4) is 5.75 Å². The minimum atomic E-state index is -0.474. The monoisotopic (exact) mass is 385 g/mol. The molecule has 2 aliphatic rings. The van der Waals surface area contributed by atoms with Crippen LogP contribution in [0.3, 0.4) is 0 Å². The third kappa shape index (κ3) is 3.59. The molecule has 1 fully saturated rings. The molecule has 1 saturated heterocycles. The number of halogens is 1. The molecule has 0 aromatic heterocycles. The van der Waals surface area contributed by atoms with Gasteiger partial charge in [-0.1, -0.05) is 17.7 Å². The number of hydrogen-bond acceptors (Lipinski definition) is 4. The molecular weight excluding hydrogens is 370 g/mol. The Kier molecular flexibility index (Phi) is 4.45. The zero-order valence-electron chi connectivity index (χ0n) is 14.2. The number of benzene rings is 2. The van der Waals surface area contributed by atoms with E-state index in [1.165, 1.54) is 0 Å². The molecule has 2 N–H and O–H groups in total. The maximum Gasteiger partial charge on any atom is 0.262 e. The van der Waals surface area contributed by atoms with Gasteiger partial charge in [-0.3, -0.25) is 14.4 Å². The van der Waals surface area contributed by atoms with Crippen LogP contribution in [-0.2, 0) is 14.4 Å². The Morgan fingerprint density at radius 2 is 2.07 bits per heavy atom. The maximum atomic E-state index is 12.6. The van der Waals surface area contributed by atoms with Crippen molar-refractivity contribution in [3.63, 3.8) is 0 Å². The topological polar surface area (TPSA) is 87.7 Å². The van der Waals surface area contributed by atoms with Crippen molar-refractivity contribution in [3.05, 3.63) is 47.5 Å². The van der Waals surface area contributed by atoms with Gasteiger partial charge in [-0.15, -0.1) is 0 Å². The number of rotatable bonds is 3. The molecule has 0 radical (unpaired) electrons. The quantitative estimate of drug-likeness (QED) is 0.850. The SMILES string of the molecule is O=C1COc2ccc(NC(=O)[C@@H]3CC(=O)N(c4cccc(Cl)c4)C3)cc2N1. The lowest BCUT2D eigenvalue weighted by molar-refractivity contribution is -0.122. The maximum absolute atomic E-state index is 12.6. The van der Waals surface area contributed by atoms with E-state index in [1.54, 1.807) is 47.4 Å². The standard InChI is InChI=1S/C19H16ClN3O4/c20-12-2-1-3-14(7-12)23-9-11(6-18(23)25)19(26)21-13-4-5-16-15(8-13)22-17(24)10-27-16/h1-5,7-8,11H,6,9-10H2,(H,21,26)(H,22,24)/t11-/m1/s1. The lowest BCUT2D eigenvalue weighted by atomic mass is 10.1. The van der Waals surface area contributed by atoms with E-state index in [9.17, 15) is 14.4 Å². The van der Waals surface area contributed by atoms with Crippen LogP contribution < -0.4 is 20.3 Å². The Bertz CT molecular complexity index is 946. The van der Waals surface area contributed by atoms with Crippen LogP contribution in [0.15, 0.2) is 42.5 Å². The summed E-state index contributed by atoms with van der Waals surface area (Å²) in [6.45, 7) is 0.262. The van der Waals surface area contributed by atoms with Crippen LogP contribution in [0.4, 0.5) is 17.1 Å². The first-order chi connectivity index (χ1) is 13.0. The molecule has 0 spiro atoms. The predicted molar refractivity (Wildman–Crippen MR) is 101 cm³/mol. The first-order valence-corrected chi connectivity index (χ1v) is 8.81. The van der Waals surface area contributed by atoms with Gasteiger partial charge in [0, 0.05) is 29.4 Å². The molecule has 8 heteroatoms. The summed E-state index contributed by atoms with van der Waals surface area (Å²) in [5, 5.41) is 6.03. The van der Waals surface area contributed by atoms with Crippen LogP contribution in [0.25, 0.3) is 0 Å². The van der Waals surface area contributed by atoms with Crippen LogP contribution in [0.5, 0.6) is 5.75 Å². The Labute approximate surface area is 160 Å². The highest BCUT2D eigenvalue weighted by Gasteiger charge is 2.35. The van der Waals surface area contributed by atoms with E-state index in [1.807, 2.05) is 0 Å². The fourth-order valence-electron chi connectivity index (χ4n) is 3.18. The Hall–Kier alpha value is -3.06. The van der Waals surface area contributed by atoms with Crippen molar-refractivity contribution in [1.82, 2.24) is 0 Å². The molecule has 27 heavy (non-hydrogen) atoms. The molecule has 4 rings (SSSR count). The van der Waals surface area contributed by atoms with E-state index in [2.05, 4.69) is 10.6 Å². The zero-order valence-corrected chi connectivity index (χ0v) is 15.0. The normalized spacial score (nSPS) is 18.6. The minimum Gasteiger partial charge on any atom is -0.482 e. The summed E-state index contributed by atoms with van der Waals surface area (Å²) < 4.78 is 5.30. The highest BCUT2D eigenvalue weighted by atomic mass is 35.5. The molecule has 0 bridgehead atoms. The smallest absolute Gasteiger partial charge is 0.262 e. The first-order valence-electron chi connectivity index (χ1n) is 8.43. The van der Waals surface area contributed by atoms with Gasteiger partial charge in [0.2, 0.25) is 11.8 Å². The van der Waals surface area contributed by atoms with E-state index >= 15 is 0 Å². The van der Waals surface area contributed by atoms with Crippen molar-refractivity contribution in [2.45, 2.75) is 6.42 Å². The summed E-state index contributed by atoms with van der Waals surface area (Å²) in [5.41, 5.74) is 1.71. The Morgan fingerprint density at radius 3 is 2.89 bits per heavy atom. The number of fused-ring (bicyclic) bond motifs is 1. The number of nitrogens with one attached hydrogen (secondary N) is 2. The Morgan fingerprint density at radius 1 is 1.22 bits per heavy atom. The molecule has 0 saturated carbocycles. The highest BCUT2D eigenvalue weighted by Crippen LogP contribution is 2.32. The van der Waals surface area contributed by atoms with E-state index in [0.717, 1.165) is 0 Å². The van der Waals surface area contributed by atoms with Gasteiger partial charge in [-0.2, -0.15) is 0 Å². The van der Waals surface area contributed by atoms with Gasteiger partial charge in [0.15, 0.2) is 6.61 Å². The number of ether oxygens (including phenoxy) is 1. The van der Waals surface area contributed by atoms with Crippen molar-refractivity contribution in [1.29, 1.82) is 0 Å². The van der Waals surface area contributed by atoms with Gasteiger partial charge in [0.1, 0.15) is 5.75 Å². The Balaban J connectivity index is 1.45. The second-order valence-corrected chi connectivity index (χ2v) is 6.86. The van der Waals surface area contributed by atoms with Crippen LogP contribution in [0, 0.1) is 5.92 Å². The minimum absolute atomic E-state index is 0.0256. The van der Waals surface area contributed by atoms with E-state index < -0.39 is 5.92 Å². The van der Waals surface area contributed by atoms with Gasteiger partial charge < -0.3 is 20.3 Å². The third-order valence-electron chi connectivity index (χ3n) is 4.50. The van der Waals surface area contributed by atoms with E-state index in [4.69, 9.17) is 16.3 Å². The summed E-state index contributed by atoms with van der Waals surface area (Å²) >= 11 is 5.99. The van der Waals surface area contributed by atoms with E-state index in [0.29, 0.717) is 27.8 Å². The molecule has 0 unspecified atom stereocenters. The summed E-state index contributed by atoms with van der Waals surface area (Å²) in [4.78, 5) is 37.9. The fraction of sp³-hybridized carbons (Fsp3) is 0.211. The molecule has 3 amide bonds. The highest BCUT2D eigenvalue weighted by molar-refractivity contribution is 6.31. The first kappa shape index (κ1) is 17.4. The number of carbonyl (C=O) groups is 3. The van der Waals surface area contributed by atoms with Gasteiger partial charge >= 0.3 is 0 Å². The summed E-state index contributed by atoms with van der Waals surface area (Å²) in [6, 6.07) is 12.0. The fourth-order valence-corrected chi connectivity index (χ4v) is 3.37. The lowest BCUT2D eigenvalue weighted by Gasteiger charge is -2.19. The largest absolute Gasteiger partial charge is 0.482 e. The second kappa shape index (κ2) is 6.92. The number of nitrogens with zero attached hydrogens (tertiary/aromatic N) is 1. The van der Waals surface area contributed by atoms with Crippen LogP contribution >= 0.6 is 11.6 Å². The average molecular weight is 386 g/mol.